The Labute approximate surface area is 224 Å². The van der Waals surface area contributed by atoms with E-state index in [9.17, 15) is 14.0 Å². The molecule has 39 heavy (non-hydrogen) atoms. The van der Waals surface area contributed by atoms with Crippen LogP contribution in [-0.4, -0.2) is 51.2 Å². The summed E-state index contributed by atoms with van der Waals surface area (Å²) in [5, 5.41) is 7.69. The second-order valence-corrected chi connectivity index (χ2v) is 9.82. The third kappa shape index (κ3) is 5.08. The van der Waals surface area contributed by atoms with Gasteiger partial charge in [0.15, 0.2) is 12.0 Å². The zero-order chi connectivity index (χ0) is 26.9. The molecular formula is C29H28FN5O4. The van der Waals surface area contributed by atoms with Gasteiger partial charge in [0.25, 0.3) is 11.8 Å². The zero-order valence-electron chi connectivity index (χ0n) is 21.4. The maximum Gasteiger partial charge on any atom is 0.276 e. The number of benzene rings is 2. The quantitative estimate of drug-likeness (QED) is 0.384. The predicted octanol–water partition coefficient (Wildman–Crippen LogP) is 4.46. The van der Waals surface area contributed by atoms with Crippen LogP contribution in [0.3, 0.4) is 0 Å². The van der Waals surface area contributed by atoms with Gasteiger partial charge in [-0.2, -0.15) is 5.10 Å². The molecule has 1 fully saturated rings. The number of hydrogen-bond donors (Lipinski definition) is 2. The van der Waals surface area contributed by atoms with Crippen molar-refractivity contribution >= 4 is 17.5 Å². The number of ether oxygens (including phenoxy) is 2. The first kappa shape index (κ1) is 25.0. The Morgan fingerprint density at radius 3 is 2.64 bits per heavy atom. The zero-order valence-corrected chi connectivity index (χ0v) is 21.4. The highest BCUT2D eigenvalue weighted by atomic mass is 19.1. The van der Waals surface area contributed by atoms with Gasteiger partial charge >= 0.3 is 0 Å². The van der Waals surface area contributed by atoms with E-state index >= 15 is 0 Å². The van der Waals surface area contributed by atoms with Gasteiger partial charge in [-0.15, -0.1) is 0 Å². The van der Waals surface area contributed by atoms with Gasteiger partial charge in [-0.3, -0.25) is 14.3 Å². The minimum absolute atomic E-state index is 0.0813. The van der Waals surface area contributed by atoms with Gasteiger partial charge < -0.3 is 24.7 Å². The Morgan fingerprint density at radius 2 is 1.90 bits per heavy atom. The first-order chi connectivity index (χ1) is 19.0. The Morgan fingerprint density at radius 1 is 1.10 bits per heavy atom. The Bertz CT molecular complexity index is 1490. The molecule has 0 saturated carbocycles. The van der Waals surface area contributed by atoms with Gasteiger partial charge in [-0.1, -0.05) is 31.2 Å². The highest BCUT2D eigenvalue weighted by molar-refractivity contribution is 6.04. The molecule has 4 heterocycles. The number of amides is 2. The molecule has 6 rings (SSSR count). The Hall–Kier alpha value is -4.28. The van der Waals surface area contributed by atoms with E-state index in [1.54, 1.807) is 46.1 Å². The average Bonchev–Trinajstić information content (AvgIpc) is 3.72. The van der Waals surface area contributed by atoms with Gasteiger partial charge in [0.05, 0.1) is 26.3 Å². The molecule has 0 bridgehead atoms. The van der Waals surface area contributed by atoms with Crippen molar-refractivity contribution < 1.29 is 23.5 Å². The van der Waals surface area contributed by atoms with Crippen LogP contribution in [-0.2, 0) is 22.6 Å². The number of nitrogens with one attached hydrogen (secondary N) is 2. The standard InChI is InChI=1S/C29H28FN5O4/c1-18-15-34(28(37)24-6-3-11-31-24)17-23-25(33-35(26(18)23)16-19-7-9-21(30)10-8-19)27(36)32-22-5-2-4-20(14-22)29-38-12-13-39-29/h2-11,14,18,29,31H,12-13,15-17H2,1H3,(H,32,36). The van der Waals surface area contributed by atoms with Crippen LogP contribution in [0.2, 0.25) is 0 Å². The van der Waals surface area contributed by atoms with Crippen LogP contribution in [0.5, 0.6) is 0 Å². The van der Waals surface area contributed by atoms with Crippen LogP contribution in [0.25, 0.3) is 0 Å². The van der Waals surface area contributed by atoms with E-state index in [1.807, 2.05) is 25.1 Å². The monoisotopic (exact) mass is 529 g/mol. The number of aromatic nitrogens is 3. The van der Waals surface area contributed by atoms with Crippen LogP contribution in [0.1, 0.15) is 62.5 Å². The van der Waals surface area contributed by atoms with Crippen LogP contribution in [0.15, 0.2) is 66.9 Å². The van der Waals surface area contributed by atoms with Crippen molar-refractivity contribution in [2.75, 3.05) is 25.1 Å². The summed E-state index contributed by atoms with van der Waals surface area (Å²) in [4.78, 5) is 31.5. The number of H-pyrrole nitrogens is 1. The summed E-state index contributed by atoms with van der Waals surface area (Å²) in [7, 11) is 0. The summed E-state index contributed by atoms with van der Waals surface area (Å²) in [5.41, 5.74) is 4.58. The largest absolute Gasteiger partial charge is 0.357 e. The Balaban J connectivity index is 1.33. The molecule has 10 heteroatoms. The topological polar surface area (TPSA) is 101 Å². The first-order valence-electron chi connectivity index (χ1n) is 12.9. The molecule has 0 aliphatic carbocycles. The van der Waals surface area contributed by atoms with Crippen molar-refractivity contribution in [3.05, 3.63) is 106 Å². The van der Waals surface area contributed by atoms with Crippen LogP contribution in [0.4, 0.5) is 10.1 Å². The fraction of sp³-hybridized carbons (Fsp3) is 0.276. The van der Waals surface area contributed by atoms with E-state index in [-0.39, 0.29) is 35.8 Å². The molecule has 1 saturated heterocycles. The lowest BCUT2D eigenvalue weighted by Gasteiger charge is -2.32. The van der Waals surface area contributed by atoms with Crippen molar-refractivity contribution in [2.45, 2.75) is 32.2 Å². The van der Waals surface area contributed by atoms with Crippen molar-refractivity contribution in [1.82, 2.24) is 19.7 Å². The van der Waals surface area contributed by atoms with E-state index in [4.69, 9.17) is 14.6 Å². The number of aromatic amines is 1. The number of fused-ring (bicyclic) bond motifs is 1. The summed E-state index contributed by atoms with van der Waals surface area (Å²) in [5.74, 6) is -0.916. The molecule has 0 radical (unpaired) electrons. The maximum absolute atomic E-state index is 13.6. The van der Waals surface area contributed by atoms with Gasteiger partial charge in [0, 0.05) is 41.2 Å². The molecule has 9 nitrogen and oxygen atoms in total. The van der Waals surface area contributed by atoms with E-state index in [0.717, 1.165) is 16.8 Å². The number of carbonyl (C=O) groups is 2. The molecular weight excluding hydrogens is 501 g/mol. The number of hydrogen-bond acceptors (Lipinski definition) is 5. The molecule has 1 atom stereocenters. The number of halogens is 1. The molecule has 200 valence electrons. The minimum Gasteiger partial charge on any atom is -0.357 e. The SMILES string of the molecule is CC1CN(C(=O)c2ccc[nH]2)Cc2c(C(=O)Nc3cccc(C4OCCO4)c3)nn(Cc3ccc(F)cc3)c21. The summed E-state index contributed by atoms with van der Waals surface area (Å²) >= 11 is 0. The summed E-state index contributed by atoms with van der Waals surface area (Å²) in [6.45, 7) is 4.15. The highest BCUT2D eigenvalue weighted by Crippen LogP contribution is 2.33. The normalized spacial score (nSPS) is 17.3. The first-order valence-corrected chi connectivity index (χ1v) is 12.9. The fourth-order valence-corrected chi connectivity index (χ4v) is 5.25. The highest BCUT2D eigenvalue weighted by Gasteiger charge is 2.34. The lowest BCUT2D eigenvalue weighted by atomic mass is 9.95. The minimum atomic E-state index is -0.460. The number of rotatable bonds is 6. The summed E-state index contributed by atoms with van der Waals surface area (Å²) in [6, 6.07) is 17.1. The van der Waals surface area contributed by atoms with E-state index in [0.29, 0.717) is 43.2 Å². The third-order valence-electron chi connectivity index (χ3n) is 7.02. The van der Waals surface area contributed by atoms with Gasteiger partial charge in [0.2, 0.25) is 0 Å². The van der Waals surface area contributed by atoms with Crippen LogP contribution >= 0.6 is 0 Å². The molecule has 0 spiro atoms. The lowest BCUT2D eigenvalue weighted by molar-refractivity contribution is -0.0440. The smallest absolute Gasteiger partial charge is 0.276 e. The van der Waals surface area contributed by atoms with E-state index in [1.165, 1.54) is 12.1 Å². The number of anilines is 1. The van der Waals surface area contributed by atoms with Gasteiger partial charge in [0.1, 0.15) is 11.5 Å². The summed E-state index contributed by atoms with van der Waals surface area (Å²) < 4.78 is 26.5. The second-order valence-electron chi connectivity index (χ2n) is 9.82. The average molecular weight is 530 g/mol. The van der Waals surface area contributed by atoms with Crippen LogP contribution in [0, 0.1) is 5.82 Å². The van der Waals surface area contributed by atoms with E-state index < -0.39 is 6.29 Å². The molecule has 2 aliphatic heterocycles. The number of nitrogens with zero attached hydrogens (tertiary/aromatic N) is 3. The molecule has 4 aromatic rings. The van der Waals surface area contributed by atoms with Gasteiger partial charge in [-0.25, -0.2) is 4.39 Å². The van der Waals surface area contributed by atoms with Crippen LogP contribution < -0.4 is 5.32 Å². The fourth-order valence-electron chi connectivity index (χ4n) is 5.25. The third-order valence-corrected chi connectivity index (χ3v) is 7.02. The molecule has 2 aliphatic rings. The van der Waals surface area contributed by atoms with E-state index in [2.05, 4.69) is 10.3 Å². The summed E-state index contributed by atoms with van der Waals surface area (Å²) in [6.07, 6.45) is 1.25. The number of carbonyl (C=O) groups excluding carboxylic acids is 2. The second kappa shape index (κ2) is 10.5. The van der Waals surface area contributed by atoms with Crippen molar-refractivity contribution in [1.29, 1.82) is 0 Å². The maximum atomic E-state index is 13.6. The van der Waals surface area contributed by atoms with Crippen molar-refractivity contribution in [2.24, 2.45) is 0 Å². The lowest BCUT2D eigenvalue weighted by Crippen LogP contribution is -2.38. The Kier molecular flexibility index (Phi) is 6.72. The molecule has 2 amide bonds. The van der Waals surface area contributed by atoms with Gasteiger partial charge in [-0.05, 0) is 42.0 Å². The molecule has 2 aromatic carbocycles. The van der Waals surface area contributed by atoms with Crippen molar-refractivity contribution in [3.63, 3.8) is 0 Å². The predicted molar refractivity (Wildman–Crippen MR) is 141 cm³/mol. The molecule has 1 unspecified atom stereocenters. The molecule has 2 aromatic heterocycles. The van der Waals surface area contributed by atoms with Crippen molar-refractivity contribution in [3.8, 4) is 0 Å². The molecule has 2 N–H and O–H groups in total.